The van der Waals surface area contributed by atoms with E-state index in [0.717, 1.165) is 38.8 Å². The number of likely N-dealkylation sites (tertiary alicyclic amines) is 1. The second-order valence-corrected chi connectivity index (χ2v) is 6.88. The van der Waals surface area contributed by atoms with Crippen molar-refractivity contribution in [2.24, 2.45) is 5.92 Å². The van der Waals surface area contributed by atoms with E-state index >= 15 is 0 Å². The maximum absolute atomic E-state index is 12.6. The molecule has 1 aliphatic heterocycles. The first-order valence-corrected chi connectivity index (χ1v) is 8.60. The quantitative estimate of drug-likeness (QED) is 0.811. The molecule has 0 atom stereocenters. The van der Waals surface area contributed by atoms with E-state index in [-0.39, 0.29) is 0 Å². The number of carbonyl (C=O) groups excluding carboxylic acids is 1. The molecule has 0 radical (unpaired) electrons. The Kier molecular flexibility index (Phi) is 4.37. The molecule has 0 N–H and O–H groups in total. The van der Waals surface area contributed by atoms with Gasteiger partial charge in [-0.3, -0.25) is 4.79 Å². The van der Waals surface area contributed by atoms with Crippen molar-refractivity contribution in [2.45, 2.75) is 64.8 Å². The highest BCUT2D eigenvalue weighted by Gasteiger charge is 2.29. The Labute approximate surface area is 128 Å². The Bertz CT molecular complexity index is 472. The van der Waals surface area contributed by atoms with Gasteiger partial charge in [0.05, 0.1) is 0 Å². The van der Waals surface area contributed by atoms with Gasteiger partial charge < -0.3 is 9.47 Å². The molecule has 2 heterocycles. The summed E-state index contributed by atoms with van der Waals surface area (Å²) in [4.78, 5) is 14.7. The lowest BCUT2D eigenvalue weighted by molar-refractivity contribution is -0.137. The minimum Gasteiger partial charge on any atom is -0.346 e. The fourth-order valence-corrected chi connectivity index (χ4v) is 4.21. The van der Waals surface area contributed by atoms with Gasteiger partial charge in [0.15, 0.2) is 0 Å². The summed E-state index contributed by atoms with van der Waals surface area (Å²) in [6.45, 7) is 6.26. The normalized spacial score (nSPS) is 21.7. The van der Waals surface area contributed by atoms with Gasteiger partial charge in [-0.05, 0) is 51.7 Å². The van der Waals surface area contributed by atoms with Gasteiger partial charge in [-0.25, -0.2) is 0 Å². The van der Waals surface area contributed by atoms with Gasteiger partial charge in [0, 0.05) is 36.4 Å². The number of carbonyl (C=O) groups is 1. The van der Waals surface area contributed by atoms with E-state index in [2.05, 4.69) is 35.4 Å². The molecule has 3 rings (SSSR count). The van der Waals surface area contributed by atoms with Crippen LogP contribution in [0.5, 0.6) is 0 Å². The third kappa shape index (κ3) is 3.02. The second-order valence-electron chi connectivity index (χ2n) is 6.88. The summed E-state index contributed by atoms with van der Waals surface area (Å²) in [6, 6.07) is 4.99. The Morgan fingerprint density at radius 1 is 0.952 bits per heavy atom. The molecule has 21 heavy (non-hydrogen) atoms. The van der Waals surface area contributed by atoms with Crippen LogP contribution in [0.4, 0.5) is 0 Å². The first kappa shape index (κ1) is 14.7. The molecule has 0 unspecified atom stereocenters. The van der Waals surface area contributed by atoms with Crippen LogP contribution in [0.1, 0.15) is 62.4 Å². The molecule has 1 saturated heterocycles. The molecule has 1 aromatic heterocycles. The summed E-state index contributed by atoms with van der Waals surface area (Å²) in [5.74, 6) is 0.763. The van der Waals surface area contributed by atoms with Gasteiger partial charge in [0.1, 0.15) is 0 Å². The highest BCUT2D eigenvalue weighted by molar-refractivity contribution is 5.79. The molecule has 1 aliphatic carbocycles. The van der Waals surface area contributed by atoms with E-state index in [1.165, 1.54) is 30.7 Å². The highest BCUT2D eigenvalue weighted by atomic mass is 16.2. The van der Waals surface area contributed by atoms with Crippen molar-refractivity contribution in [3.63, 3.8) is 0 Å². The Hall–Kier alpha value is -1.25. The van der Waals surface area contributed by atoms with Crippen molar-refractivity contribution in [3.8, 4) is 0 Å². The van der Waals surface area contributed by atoms with E-state index in [1.54, 1.807) is 0 Å². The average Bonchev–Trinajstić information content (AvgIpc) is 2.87. The maximum Gasteiger partial charge on any atom is 0.225 e. The number of aromatic nitrogens is 1. The predicted molar refractivity (Wildman–Crippen MR) is 85.3 cm³/mol. The molecular weight excluding hydrogens is 260 g/mol. The molecule has 3 heteroatoms. The van der Waals surface area contributed by atoms with E-state index in [0.29, 0.717) is 17.9 Å². The van der Waals surface area contributed by atoms with E-state index in [9.17, 15) is 4.79 Å². The lowest BCUT2D eigenvalue weighted by Crippen LogP contribution is -2.42. The van der Waals surface area contributed by atoms with Crippen molar-refractivity contribution in [1.29, 1.82) is 0 Å². The molecule has 116 valence electrons. The number of nitrogens with zero attached hydrogens (tertiary/aromatic N) is 2. The molecule has 2 fully saturated rings. The predicted octanol–water partition coefficient (Wildman–Crippen LogP) is 3.85. The first-order chi connectivity index (χ1) is 10.2. The molecule has 0 bridgehead atoms. The van der Waals surface area contributed by atoms with Gasteiger partial charge in [0.2, 0.25) is 5.91 Å². The zero-order valence-electron chi connectivity index (χ0n) is 13.5. The molecule has 0 spiro atoms. The van der Waals surface area contributed by atoms with E-state index < -0.39 is 0 Å². The molecule has 1 aromatic rings. The van der Waals surface area contributed by atoms with Crippen molar-refractivity contribution in [1.82, 2.24) is 9.47 Å². The lowest BCUT2D eigenvalue weighted by atomic mass is 9.87. The van der Waals surface area contributed by atoms with Crippen LogP contribution in [0.2, 0.25) is 0 Å². The monoisotopic (exact) mass is 288 g/mol. The van der Waals surface area contributed by atoms with E-state index in [1.807, 2.05) is 0 Å². The minimum absolute atomic E-state index is 0.324. The van der Waals surface area contributed by atoms with Gasteiger partial charge in [-0.15, -0.1) is 0 Å². The number of piperidine rings is 1. The highest BCUT2D eigenvalue weighted by Crippen LogP contribution is 2.30. The minimum atomic E-state index is 0.324. The van der Waals surface area contributed by atoms with Gasteiger partial charge in [-0.2, -0.15) is 0 Å². The Morgan fingerprint density at radius 2 is 1.52 bits per heavy atom. The maximum atomic E-state index is 12.6. The van der Waals surface area contributed by atoms with Crippen LogP contribution in [0.15, 0.2) is 12.1 Å². The van der Waals surface area contributed by atoms with Crippen molar-refractivity contribution >= 4 is 5.91 Å². The largest absolute Gasteiger partial charge is 0.346 e. The second kappa shape index (κ2) is 6.25. The fraction of sp³-hybridized carbons (Fsp3) is 0.722. The standard InChI is InChI=1S/C18H28N2O/c1-14-8-9-15(2)20(14)17-10-12-19(13-11-17)18(21)16-6-4-3-5-7-16/h8-9,16-17H,3-7,10-13H2,1-2H3. The molecular formula is C18H28N2O. The summed E-state index contributed by atoms with van der Waals surface area (Å²) < 4.78 is 2.46. The summed E-state index contributed by atoms with van der Waals surface area (Å²) in [5, 5.41) is 0. The smallest absolute Gasteiger partial charge is 0.225 e. The van der Waals surface area contributed by atoms with Crippen LogP contribution in [-0.4, -0.2) is 28.5 Å². The topological polar surface area (TPSA) is 25.2 Å². The number of rotatable bonds is 2. The van der Waals surface area contributed by atoms with Crippen LogP contribution in [0.3, 0.4) is 0 Å². The summed E-state index contributed by atoms with van der Waals surface area (Å²) in [5.41, 5.74) is 2.70. The number of hydrogen-bond acceptors (Lipinski definition) is 1. The van der Waals surface area contributed by atoms with Crippen LogP contribution < -0.4 is 0 Å². The van der Waals surface area contributed by atoms with Crippen LogP contribution in [0, 0.1) is 19.8 Å². The number of amides is 1. The fourth-order valence-electron chi connectivity index (χ4n) is 4.21. The third-order valence-electron chi connectivity index (χ3n) is 5.42. The molecule has 0 aromatic carbocycles. The molecule has 3 nitrogen and oxygen atoms in total. The zero-order chi connectivity index (χ0) is 14.8. The SMILES string of the molecule is Cc1ccc(C)n1C1CCN(C(=O)C2CCCCC2)CC1. The Balaban J connectivity index is 1.59. The van der Waals surface area contributed by atoms with Crippen LogP contribution in [-0.2, 0) is 4.79 Å². The van der Waals surface area contributed by atoms with Gasteiger partial charge in [0.25, 0.3) is 0 Å². The molecule has 2 aliphatic rings. The van der Waals surface area contributed by atoms with Crippen molar-refractivity contribution in [2.75, 3.05) is 13.1 Å². The molecule has 1 saturated carbocycles. The lowest BCUT2D eigenvalue weighted by Gasteiger charge is -2.36. The first-order valence-electron chi connectivity index (χ1n) is 8.60. The number of aryl methyl sites for hydroxylation is 2. The van der Waals surface area contributed by atoms with Crippen LogP contribution in [0.25, 0.3) is 0 Å². The van der Waals surface area contributed by atoms with E-state index in [4.69, 9.17) is 0 Å². The Morgan fingerprint density at radius 3 is 2.10 bits per heavy atom. The van der Waals surface area contributed by atoms with Gasteiger partial charge >= 0.3 is 0 Å². The third-order valence-corrected chi connectivity index (χ3v) is 5.42. The summed E-state index contributed by atoms with van der Waals surface area (Å²) >= 11 is 0. The number of hydrogen-bond donors (Lipinski definition) is 0. The van der Waals surface area contributed by atoms with Crippen molar-refractivity contribution in [3.05, 3.63) is 23.5 Å². The van der Waals surface area contributed by atoms with Gasteiger partial charge in [-0.1, -0.05) is 19.3 Å². The zero-order valence-corrected chi connectivity index (χ0v) is 13.5. The summed E-state index contributed by atoms with van der Waals surface area (Å²) in [7, 11) is 0. The average molecular weight is 288 g/mol. The summed E-state index contributed by atoms with van der Waals surface area (Å²) in [6.07, 6.45) is 8.26. The van der Waals surface area contributed by atoms with Crippen molar-refractivity contribution < 1.29 is 4.79 Å². The van der Waals surface area contributed by atoms with Crippen LogP contribution >= 0.6 is 0 Å². The molecule has 1 amide bonds.